The lowest BCUT2D eigenvalue weighted by Crippen LogP contribution is -2.05. The number of benzene rings is 2. The molecule has 4 rings (SSSR count). The fraction of sp³-hybridized carbons (Fsp3) is 0.200. The van der Waals surface area contributed by atoms with Crippen LogP contribution in [0.4, 0.5) is 5.69 Å². The lowest BCUT2D eigenvalue weighted by Gasteiger charge is -2.02. The Morgan fingerprint density at radius 1 is 1.07 bits per heavy atom. The third-order valence-corrected chi connectivity index (χ3v) is 4.09. The highest BCUT2D eigenvalue weighted by atomic mass is 16.5. The van der Waals surface area contributed by atoms with Crippen LogP contribution in [0.15, 0.2) is 51.4 Å². The Kier molecular flexibility index (Phi) is 4.42. The van der Waals surface area contributed by atoms with Crippen LogP contribution < -0.4 is 5.32 Å². The minimum Gasteiger partial charge on any atom is -0.441 e. The summed E-state index contributed by atoms with van der Waals surface area (Å²) in [6.07, 6.45) is 1.26. The van der Waals surface area contributed by atoms with Gasteiger partial charge in [-0.3, -0.25) is 4.79 Å². The largest absolute Gasteiger partial charge is 0.441 e. The van der Waals surface area contributed by atoms with Crippen LogP contribution in [-0.4, -0.2) is 21.0 Å². The van der Waals surface area contributed by atoms with Gasteiger partial charge >= 0.3 is 0 Å². The van der Waals surface area contributed by atoms with E-state index in [2.05, 4.69) is 20.4 Å². The Morgan fingerprint density at radius 2 is 1.89 bits per heavy atom. The number of oxazole rings is 1. The molecule has 0 radical (unpaired) electrons. The second-order valence-corrected chi connectivity index (χ2v) is 6.21. The predicted molar refractivity (Wildman–Crippen MR) is 100 cm³/mol. The van der Waals surface area contributed by atoms with Crippen LogP contribution in [0.5, 0.6) is 0 Å². The van der Waals surface area contributed by atoms with Gasteiger partial charge in [0, 0.05) is 24.6 Å². The Bertz CT molecular complexity index is 1100. The van der Waals surface area contributed by atoms with Crippen molar-refractivity contribution in [3.63, 3.8) is 0 Å². The van der Waals surface area contributed by atoms with Crippen LogP contribution in [0.3, 0.4) is 0 Å². The number of aryl methyl sites for hydroxylation is 1. The lowest BCUT2D eigenvalue weighted by molar-refractivity contribution is -0.114. The van der Waals surface area contributed by atoms with Gasteiger partial charge in [0.15, 0.2) is 11.5 Å². The van der Waals surface area contributed by atoms with Crippen LogP contribution in [-0.2, 0) is 17.6 Å². The number of nitrogens with one attached hydrogen (secondary N) is 1. The number of nitrogens with zero attached hydrogens (tertiary/aromatic N) is 3. The van der Waals surface area contributed by atoms with E-state index in [4.69, 9.17) is 8.94 Å². The molecule has 0 saturated carbocycles. The third-order valence-electron chi connectivity index (χ3n) is 4.09. The average Bonchev–Trinajstić information content (AvgIpc) is 3.28. The monoisotopic (exact) mass is 362 g/mol. The van der Waals surface area contributed by atoms with E-state index in [1.807, 2.05) is 49.4 Å². The molecule has 0 spiro atoms. The van der Waals surface area contributed by atoms with Gasteiger partial charge in [-0.05, 0) is 35.9 Å². The number of anilines is 1. The summed E-state index contributed by atoms with van der Waals surface area (Å²) in [5.74, 6) is 1.65. The summed E-state index contributed by atoms with van der Waals surface area (Å²) in [7, 11) is 0. The molecule has 0 aliphatic heterocycles. The van der Waals surface area contributed by atoms with E-state index in [-0.39, 0.29) is 5.91 Å². The summed E-state index contributed by atoms with van der Waals surface area (Å²) in [4.78, 5) is 20.0. The zero-order valence-corrected chi connectivity index (χ0v) is 15.0. The van der Waals surface area contributed by atoms with E-state index in [0.29, 0.717) is 24.0 Å². The van der Waals surface area contributed by atoms with Crippen molar-refractivity contribution in [2.75, 3.05) is 5.32 Å². The second kappa shape index (κ2) is 7.03. The van der Waals surface area contributed by atoms with Crippen molar-refractivity contribution in [3.05, 3.63) is 59.8 Å². The maximum absolute atomic E-state index is 11.1. The fourth-order valence-corrected chi connectivity index (χ4v) is 2.79. The second-order valence-electron chi connectivity index (χ2n) is 6.21. The quantitative estimate of drug-likeness (QED) is 0.577. The van der Waals surface area contributed by atoms with Crippen molar-refractivity contribution in [3.8, 4) is 11.4 Å². The molecule has 0 aliphatic rings. The third kappa shape index (κ3) is 3.72. The average molecular weight is 362 g/mol. The molecule has 1 N–H and O–H groups in total. The first kappa shape index (κ1) is 17.0. The SMILES string of the molecule is CCc1nc2cc(-c3noc(Cc4ccc(NC(C)=O)cc4)n3)ccc2o1. The van der Waals surface area contributed by atoms with Crippen LogP contribution in [0, 0.1) is 0 Å². The molecule has 0 aliphatic carbocycles. The first-order valence-corrected chi connectivity index (χ1v) is 8.69. The van der Waals surface area contributed by atoms with Crippen molar-refractivity contribution in [2.45, 2.75) is 26.7 Å². The molecule has 0 fully saturated rings. The van der Waals surface area contributed by atoms with Gasteiger partial charge in [0.1, 0.15) is 5.52 Å². The van der Waals surface area contributed by atoms with Gasteiger partial charge in [-0.1, -0.05) is 24.2 Å². The van der Waals surface area contributed by atoms with Gasteiger partial charge < -0.3 is 14.3 Å². The van der Waals surface area contributed by atoms with Crippen LogP contribution in [0.25, 0.3) is 22.5 Å². The standard InChI is InChI=1S/C20H18N4O3/c1-3-18-22-16-11-14(6-9-17(16)26-18)20-23-19(27-24-20)10-13-4-7-15(8-5-13)21-12(2)25/h4-9,11H,3,10H2,1-2H3,(H,21,25). The molecule has 2 aromatic carbocycles. The van der Waals surface area contributed by atoms with Crippen molar-refractivity contribution < 1.29 is 13.7 Å². The first-order valence-electron chi connectivity index (χ1n) is 8.69. The zero-order chi connectivity index (χ0) is 18.8. The van der Waals surface area contributed by atoms with E-state index >= 15 is 0 Å². The molecule has 2 heterocycles. The molecule has 0 bridgehead atoms. The minimum atomic E-state index is -0.0977. The zero-order valence-electron chi connectivity index (χ0n) is 15.0. The van der Waals surface area contributed by atoms with Gasteiger partial charge in [-0.15, -0.1) is 0 Å². The van der Waals surface area contributed by atoms with Gasteiger partial charge in [0.05, 0.1) is 6.42 Å². The van der Waals surface area contributed by atoms with Crippen molar-refractivity contribution >= 4 is 22.7 Å². The Labute approximate surface area is 155 Å². The molecule has 0 saturated heterocycles. The lowest BCUT2D eigenvalue weighted by atomic mass is 10.1. The van der Waals surface area contributed by atoms with Crippen LogP contribution in [0.1, 0.15) is 31.2 Å². The van der Waals surface area contributed by atoms with Crippen molar-refractivity contribution in [1.29, 1.82) is 0 Å². The van der Waals surface area contributed by atoms with E-state index < -0.39 is 0 Å². The molecule has 136 valence electrons. The topological polar surface area (TPSA) is 94.1 Å². The Morgan fingerprint density at radius 3 is 2.63 bits per heavy atom. The number of fused-ring (bicyclic) bond motifs is 1. The molecular formula is C20H18N4O3. The molecule has 1 amide bonds. The van der Waals surface area contributed by atoms with Gasteiger partial charge in [-0.2, -0.15) is 4.98 Å². The summed E-state index contributed by atoms with van der Waals surface area (Å²) in [6, 6.07) is 13.2. The van der Waals surface area contributed by atoms with Crippen LogP contribution in [0.2, 0.25) is 0 Å². The number of hydrogen-bond acceptors (Lipinski definition) is 6. The summed E-state index contributed by atoms with van der Waals surface area (Å²) in [5.41, 5.74) is 4.13. The highest BCUT2D eigenvalue weighted by Crippen LogP contribution is 2.24. The molecule has 4 aromatic rings. The summed E-state index contributed by atoms with van der Waals surface area (Å²) < 4.78 is 11.0. The molecule has 2 aromatic heterocycles. The number of carbonyl (C=O) groups excluding carboxylic acids is 1. The molecule has 27 heavy (non-hydrogen) atoms. The number of carbonyl (C=O) groups is 1. The highest BCUT2D eigenvalue weighted by molar-refractivity contribution is 5.88. The predicted octanol–water partition coefficient (Wildman–Crippen LogP) is 3.99. The summed E-state index contributed by atoms with van der Waals surface area (Å²) in [5, 5.41) is 6.81. The Balaban J connectivity index is 1.52. The molecule has 0 atom stereocenters. The Hall–Kier alpha value is -3.48. The first-order chi connectivity index (χ1) is 13.1. The van der Waals surface area contributed by atoms with Gasteiger partial charge in [0.2, 0.25) is 17.6 Å². The highest BCUT2D eigenvalue weighted by Gasteiger charge is 2.12. The maximum atomic E-state index is 11.1. The molecule has 0 unspecified atom stereocenters. The minimum absolute atomic E-state index is 0.0977. The van der Waals surface area contributed by atoms with E-state index in [9.17, 15) is 4.79 Å². The van der Waals surface area contributed by atoms with E-state index in [0.717, 1.165) is 34.3 Å². The van der Waals surface area contributed by atoms with Crippen LogP contribution >= 0.6 is 0 Å². The molecule has 7 heteroatoms. The van der Waals surface area contributed by atoms with E-state index in [1.165, 1.54) is 6.92 Å². The number of hydrogen-bond donors (Lipinski definition) is 1. The maximum Gasteiger partial charge on any atom is 0.231 e. The molecular weight excluding hydrogens is 344 g/mol. The summed E-state index contributed by atoms with van der Waals surface area (Å²) >= 11 is 0. The number of rotatable bonds is 5. The van der Waals surface area contributed by atoms with Gasteiger partial charge in [-0.25, -0.2) is 4.98 Å². The normalized spacial score (nSPS) is 11.0. The van der Waals surface area contributed by atoms with E-state index in [1.54, 1.807) is 0 Å². The summed E-state index contributed by atoms with van der Waals surface area (Å²) in [6.45, 7) is 3.48. The van der Waals surface area contributed by atoms with Crippen molar-refractivity contribution in [1.82, 2.24) is 15.1 Å². The van der Waals surface area contributed by atoms with Gasteiger partial charge in [0.25, 0.3) is 0 Å². The smallest absolute Gasteiger partial charge is 0.231 e. The molecule has 7 nitrogen and oxygen atoms in total. The fourth-order valence-electron chi connectivity index (χ4n) is 2.79. The van der Waals surface area contributed by atoms with Crippen molar-refractivity contribution in [2.24, 2.45) is 0 Å². The number of aromatic nitrogens is 3. The number of amides is 1.